The molecule has 2 heteroatoms. The molecule has 0 bridgehead atoms. The van der Waals surface area contributed by atoms with Gasteiger partial charge in [0.15, 0.2) is 0 Å². The number of hydrogen-bond donors (Lipinski definition) is 0. The fraction of sp³-hybridized carbons (Fsp3) is 0. The molecule has 2 nitrogen and oxygen atoms in total. The monoisotopic (exact) mass is 890 g/mol. The van der Waals surface area contributed by atoms with Gasteiger partial charge in [-0.15, -0.1) is 0 Å². The second kappa shape index (κ2) is 17.4. The van der Waals surface area contributed by atoms with Crippen molar-refractivity contribution < 1.29 is 0 Å². The van der Waals surface area contributed by atoms with Crippen LogP contribution in [0.4, 0.5) is 17.1 Å². The molecule has 1 heterocycles. The third-order valence-corrected chi connectivity index (χ3v) is 14.0. The zero-order valence-electron chi connectivity index (χ0n) is 38.5. The van der Waals surface area contributed by atoms with E-state index in [0.717, 1.165) is 45.0 Å². The van der Waals surface area contributed by atoms with E-state index in [1.165, 1.54) is 76.7 Å². The van der Waals surface area contributed by atoms with Crippen LogP contribution in [0.25, 0.3) is 105 Å². The maximum atomic E-state index is 2.45. The molecule has 0 amide bonds. The number of para-hydroxylation sites is 2. The Morgan fingerprint density at radius 1 is 0.243 bits per heavy atom. The number of fused-ring (bicyclic) bond motifs is 5. The molecule has 0 radical (unpaired) electrons. The minimum absolute atomic E-state index is 1.07. The van der Waals surface area contributed by atoms with Crippen molar-refractivity contribution in [1.82, 2.24) is 4.57 Å². The summed E-state index contributed by atoms with van der Waals surface area (Å²) in [5, 5.41) is 7.40. The molecule has 0 spiro atoms. The Morgan fingerprint density at radius 3 is 1.29 bits per heavy atom. The van der Waals surface area contributed by atoms with E-state index in [4.69, 9.17) is 0 Å². The minimum atomic E-state index is 1.07. The molecule has 0 saturated carbocycles. The molecule has 13 aromatic rings. The maximum Gasteiger partial charge on any atom is 0.0546 e. The van der Waals surface area contributed by atoms with Crippen LogP contribution < -0.4 is 4.90 Å². The Balaban J connectivity index is 0.979. The molecule has 0 saturated heterocycles. The zero-order valence-corrected chi connectivity index (χ0v) is 38.5. The lowest BCUT2D eigenvalue weighted by atomic mass is 9.92. The van der Waals surface area contributed by atoms with Crippen molar-refractivity contribution in [3.05, 3.63) is 279 Å². The number of rotatable bonds is 9. The van der Waals surface area contributed by atoms with Gasteiger partial charge in [-0.2, -0.15) is 0 Å². The molecule has 0 aliphatic rings. The standard InChI is InChI=1S/C68H46N2/c1-2-16-47(17-3-1)52-22-12-23-53(44-52)48-34-39-56(40-35-48)69(57-41-36-49(37-42-57)54-24-13-25-58(45-54)70-66-32-10-8-28-63(66)64-29-9-11-33-67(64)70)68-46-55(61-30-14-20-50-18-4-6-26-59(50)61)38-43-65(68)62-31-15-21-51-19-5-7-27-60(51)62/h1-46H. The molecule has 0 aliphatic carbocycles. The van der Waals surface area contributed by atoms with E-state index < -0.39 is 0 Å². The van der Waals surface area contributed by atoms with Gasteiger partial charge in [0.1, 0.15) is 0 Å². The molecule has 328 valence electrons. The molecular weight excluding hydrogens is 845 g/mol. The molecule has 1 aromatic heterocycles. The molecule has 0 atom stereocenters. The normalized spacial score (nSPS) is 11.4. The lowest BCUT2D eigenvalue weighted by Crippen LogP contribution is -2.11. The van der Waals surface area contributed by atoms with Crippen LogP contribution in [0.1, 0.15) is 0 Å². The van der Waals surface area contributed by atoms with E-state index >= 15 is 0 Å². The van der Waals surface area contributed by atoms with Crippen molar-refractivity contribution in [2.45, 2.75) is 0 Å². The van der Waals surface area contributed by atoms with Crippen LogP contribution in [-0.4, -0.2) is 4.57 Å². The quantitative estimate of drug-likeness (QED) is 0.140. The summed E-state index contributed by atoms with van der Waals surface area (Å²) in [5.74, 6) is 0. The van der Waals surface area contributed by atoms with Crippen LogP contribution in [-0.2, 0) is 0 Å². The van der Waals surface area contributed by atoms with Crippen molar-refractivity contribution in [3.8, 4) is 61.3 Å². The summed E-state index contributed by atoms with van der Waals surface area (Å²) >= 11 is 0. The number of hydrogen-bond acceptors (Lipinski definition) is 1. The highest BCUT2D eigenvalue weighted by atomic mass is 15.1. The first kappa shape index (κ1) is 41.0. The van der Waals surface area contributed by atoms with Gasteiger partial charge in [0.2, 0.25) is 0 Å². The maximum absolute atomic E-state index is 2.45. The van der Waals surface area contributed by atoms with Crippen molar-refractivity contribution in [2.24, 2.45) is 0 Å². The molecule has 0 fully saturated rings. The summed E-state index contributed by atoms with van der Waals surface area (Å²) in [6.45, 7) is 0. The van der Waals surface area contributed by atoms with Gasteiger partial charge in [0, 0.05) is 33.4 Å². The van der Waals surface area contributed by atoms with Gasteiger partial charge in [-0.1, -0.05) is 218 Å². The van der Waals surface area contributed by atoms with E-state index in [2.05, 4.69) is 289 Å². The first-order valence-corrected chi connectivity index (χ1v) is 24.1. The average molecular weight is 891 g/mol. The van der Waals surface area contributed by atoms with Gasteiger partial charge in [-0.05, 0) is 132 Å². The third kappa shape index (κ3) is 7.31. The van der Waals surface area contributed by atoms with Gasteiger partial charge in [-0.25, -0.2) is 0 Å². The summed E-state index contributed by atoms with van der Waals surface area (Å²) in [7, 11) is 0. The van der Waals surface area contributed by atoms with Crippen LogP contribution in [0.3, 0.4) is 0 Å². The van der Waals surface area contributed by atoms with Crippen LogP contribution in [0.2, 0.25) is 0 Å². The molecule has 70 heavy (non-hydrogen) atoms. The number of aromatic nitrogens is 1. The molecule has 0 unspecified atom stereocenters. The van der Waals surface area contributed by atoms with Crippen LogP contribution in [0.5, 0.6) is 0 Å². The molecule has 0 N–H and O–H groups in total. The Labute approximate surface area is 408 Å². The average Bonchev–Trinajstić information content (AvgIpc) is 3.78. The van der Waals surface area contributed by atoms with Gasteiger partial charge < -0.3 is 9.47 Å². The smallest absolute Gasteiger partial charge is 0.0546 e. The fourth-order valence-electron chi connectivity index (χ4n) is 10.6. The topological polar surface area (TPSA) is 8.17 Å². The number of nitrogens with zero attached hydrogens (tertiary/aromatic N) is 2. The van der Waals surface area contributed by atoms with Gasteiger partial charge in [0.05, 0.1) is 16.7 Å². The Kier molecular flexibility index (Phi) is 10.2. The van der Waals surface area contributed by atoms with Crippen molar-refractivity contribution in [1.29, 1.82) is 0 Å². The van der Waals surface area contributed by atoms with Crippen LogP contribution in [0.15, 0.2) is 279 Å². The lowest BCUT2D eigenvalue weighted by Gasteiger charge is -2.29. The Morgan fingerprint density at radius 2 is 0.671 bits per heavy atom. The van der Waals surface area contributed by atoms with E-state index in [1.54, 1.807) is 0 Å². The highest BCUT2D eigenvalue weighted by molar-refractivity contribution is 6.09. The van der Waals surface area contributed by atoms with E-state index in [9.17, 15) is 0 Å². The Bertz CT molecular complexity index is 3990. The molecule has 12 aromatic carbocycles. The van der Waals surface area contributed by atoms with E-state index in [0.29, 0.717) is 0 Å². The predicted molar refractivity (Wildman–Crippen MR) is 298 cm³/mol. The van der Waals surface area contributed by atoms with Gasteiger partial charge in [-0.3, -0.25) is 0 Å². The van der Waals surface area contributed by atoms with Gasteiger partial charge >= 0.3 is 0 Å². The summed E-state index contributed by atoms with van der Waals surface area (Å²) in [6.07, 6.45) is 0. The number of anilines is 3. The molecular formula is C68H46N2. The summed E-state index contributed by atoms with van der Waals surface area (Å²) < 4.78 is 2.39. The predicted octanol–water partition coefficient (Wildman–Crippen LogP) is 18.9. The van der Waals surface area contributed by atoms with E-state index in [1.807, 2.05) is 0 Å². The van der Waals surface area contributed by atoms with Crippen molar-refractivity contribution in [3.63, 3.8) is 0 Å². The molecule has 0 aliphatic heterocycles. The summed E-state index contributed by atoms with van der Waals surface area (Å²) in [4.78, 5) is 2.45. The second-order valence-electron chi connectivity index (χ2n) is 18.1. The lowest BCUT2D eigenvalue weighted by molar-refractivity contribution is 1.18. The second-order valence-corrected chi connectivity index (χ2v) is 18.1. The summed E-state index contributed by atoms with van der Waals surface area (Å²) in [5.41, 5.74) is 18.6. The first-order chi connectivity index (χ1) is 34.7. The summed E-state index contributed by atoms with van der Waals surface area (Å²) in [6, 6.07) is 102. The zero-order chi connectivity index (χ0) is 46.4. The van der Waals surface area contributed by atoms with Crippen molar-refractivity contribution >= 4 is 60.4 Å². The largest absolute Gasteiger partial charge is 0.310 e. The highest BCUT2D eigenvalue weighted by Gasteiger charge is 2.21. The van der Waals surface area contributed by atoms with Crippen LogP contribution in [0, 0.1) is 0 Å². The minimum Gasteiger partial charge on any atom is -0.310 e. The highest BCUT2D eigenvalue weighted by Crippen LogP contribution is 2.46. The fourth-order valence-corrected chi connectivity index (χ4v) is 10.6. The third-order valence-electron chi connectivity index (χ3n) is 14.0. The molecule has 13 rings (SSSR count). The van der Waals surface area contributed by atoms with Gasteiger partial charge in [0.25, 0.3) is 0 Å². The van der Waals surface area contributed by atoms with E-state index in [-0.39, 0.29) is 0 Å². The number of benzene rings is 12. The van der Waals surface area contributed by atoms with Crippen LogP contribution >= 0.6 is 0 Å². The SMILES string of the molecule is c1ccc(-c2cccc(-c3ccc(N(c4ccc(-c5cccc(-n6c7ccccc7c7ccccc76)c5)cc4)c4cc(-c5cccc6ccccc56)ccc4-c4cccc5ccccc45)cc3)c2)cc1. The van der Waals surface area contributed by atoms with Crippen molar-refractivity contribution in [2.75, 3.05) is 4.90 Å². The first-order valence-electron chi connectivity index (χ1n) is 24.1. The Hall–Kier alpha value is -9.24.